The van der Waals surface area contributed by atoms with Crippen LogP contribution in [0.25, 0.3) is 0 Å². The third-order valence-electron chi connectivity index (χ3n) is 11.0. The number of carbonyl (C=O) groups excluding carboxylic acids is 1. The molecule has 0 aromatic heterocycles. The molecule has 13 heteroatoms. The summed E-state index contributed by atoms with van der Waals surface area (Å²) in [6.07, 6.45) is 37.9. The van der Waals surface area contributed by atoms with Crippen LogP contribution in [-0.2, 0) is 27.9 Å². The number of allylic oxidation sites excluding steroid dienone is 9. The van der Waals surface area contributed by atoms with Gasteiger partial charge in [-0.3, -0.25) is 13.8 Å². The number of rotatable bonds is 40. The summed E-state index contributed by atoms with van der Waals surface area (Å²) in [5.41, 5.74) is 0. The summed E-state index contributed by atoms with van der Waals surface area (Å²) in [5.74, 6) is -0.529. The lowest BCUT2D eigenvalue weighted by Gasteiger charge is -2.41. The lowest BCUT2D eigenvalue weighted by Crippen LogP contribution is -2.64. The molecule has 0 aromatic rings. The van der Waals surface area contributed by atoms with Crippen molar-refractivity contribution < 1.29 is 58.3 Å². The molecule has 0 aliphatic heterocycles. The van der Waals surface area contributed by atoms with Crippen LogP contribution in [0.3, 0.4) is 0 Å². The van der Waals surface area contributed by atoms with Crippen LogP contribution in [-0.4, -0.2) is 92.3 Å². The molecule has 62 heavy (non-hydrogen) atoms. The van der Waals surface area contributed by atoms with Crippen molar-refractivity contribution in [1.82, 2.24) is 0 Å². The average Bonchev–Trinajstić information content (AvgIpc) is 3.26. The molecule has 1 saturated carbocycles. The second kappa shape index (κ2) is 39.3. The van der Waals surface area contributed by atoms with E-state index in [4.69, 9.17) is 18.5 Å². The van der Waals surface area contributed by atoms with Crippen molar-refractivity contribution in [1.29, 1.82) is 0 Å². The molecule has 360 valence electrons. The van der Waals surface area contributed by atoms with Gasteiger partial charge in [0.15, 0.2) is 6.10 Å². The standard InChI is InChI=1S/C49H87O12P/c1-3-5-7-9-11-13-15-17-19-21-22-23-24-26-28-30-32-34-36-38-43(50)60-42(41-59-62(56,57)61-49-47(54)45(52)44(51)46(53)48(49)55)40-58-39-37-35-33-31-29-27-25-20-18-16-14-12-10-8-6-4-2/h11,13,17,19,22-23,26,28,37,39,42,44-49,51-55H,3-10,12,14-16,18,20-21,24-25,27,29-36,38,40-41H2,1-2H3,(H,56,57)/b13-11-,19-17-,23-22-,28-26-,39-37-/t42-,44?,45-,46?,47?,48?,49?/m1/s1. The molecule has 0 bridgehead atoms. The summed E-state index contributed by atoms with van der Waals surface area (Å²) < 4.78 is 33.9. The third-order valence-corrected chi connectivity index (χ3v) is 11.9. The van der Waals surface area contributed by atoms with Crippen molar-refractivity contribution in [2.45, 2.75) is 230 Å². The minimum atomic E-state index is -5.05. The highest BCUT2D eigenvalue weighted by Gasteiger charge is 2.51. The topological polar surface area (TPSA) is 192 Å². The summed E-state index contributed by atoms with van der Waals surface area (Å²) in [5, 5.41) is 50.2. The van der Waals surface area contributed by atoms with E-state index in [2.05, 4.69) is 62.5 Å². The van der Waals surface area contributed by atoms with Crippen LogP contribution in [0.5, 0.6) is 0 Å². The predicted octanol–water partition coefficient (Wildman–Crippen LogP) is 10.5. The van der Waals surface area contributed by atoms with Crippen molar-refractivity contribution in [2.75, 3.05) is 13.2 Å². The van der Waals surface area contributed by atoms with Crippen LogP contribution in [0, 0.1) is 0 Å². The number of unbranched alkanes of at least 4 members (excludes halogenated alkanes) is 20. The Kier molecular flexibility index (Phi) is 36.7. The van der Waals surface area contributed by atoms with E-state index >= 15 is 0 Å². The number of phosphoric acid groups is 1. The van der Waals surface area contributed by atoms with Gasteiger partial charge in [-0.1, -0.05) is 165 Å². The van der Waals surface area contributed by atoms with Crippen LogP contribution in [0.15, 0.2) is 60.9 Å². The minimum Gasteiger partial charge on any atom is -0.498 e. The number of aliphatic hydroxyl groups excluding tert-OH is 5. The summed E-state index contributed by atoms with van der Waals surface area (Å²) in [7, 11) is -5.05. The number of hydrogen-bond donors (Lipinski definition) is 6. The Labute approximate surface area is 375 Å². The van der Waals surface area contributed by atoms with Gasteiger partial charge >= 0.3 is 13.8 Å². The molecule has 1 aliphatic rings. The normalized spacial score (nSPS) is 22.5. The molecule has 1 rings (SSSR count). The Bertz CT molecular complexity index is 1250. The first-order chi connectivity index (χ1) is 30.0. The zero-order valence-corrected chi connectivity index (χ0v) is 39.3. The zero-order valence-electron chi connectivity index (χ0n) is 38.4. The maximum absolute atomic E-state index is 12.8. The highest BCUT2D eigenvalue weighted by atomic mass is 31.2. The van der Waals surface area contributed by atoms with Gasteiger partial charge in [0.2, 0.25) is 0 Å². The van der Waals surface area contributed by atoms with Crippen LogP contribution in [0.2, 0.25) is 0 Å². The molecular formula is C49H87O12P. The van der Waals surface area contributed by atoms with Crippen molar-refractivity contribution in [2.24, 2.45) is 0 Å². The van der Waals surface area contributed by atoms with Crippen LogP contribution < -0.4 is 0 Å². The van der Waals surface area contributed by atoms with E-state index in [1.807, 2.05) is 6.08 Å². The lowest BCUT2D eigenvalue weighted by atomic mass is 9.85. The summed E-state index contributed by atoms with van der Waals surface area (Å²) >= 11 is 0. The number of hydrogen-bond acceptors (Lipinski definition) is 11. The Morgan fingerprint density at radius 3 is 1.40 bits per heavy atom. The Balaban J connectivity index is 2.44. The molecule has 12 nitrogen and oxygen atoms in total. The van der Waals surface area contributed by atoms with Crippen molar-refractivity contribution in [3.05, 3.63) is 60.9 Å². The minimum absolute atomic E-state index is 0.131. The largest absolute Gasteiger partial charge is 0.498 e. The SMILES string of the molecule is CCCCC/C=C\C/C=C\C/C=C\C/C=C\CCCCCC(=O)O[C@H](CO/C=C\CCCCCCCCCCCCCCCC)COP(=O)(O)OC1C(O)C(O)C(O)[C@@H](O)C1O. The fraction of sp³-hybridized carbons (Fsp3) is 0.776. The fourth-order valence-corrected chi connectivity index (χ4v) is 8.04. The van der Waals surface area contributed by atoms with Gasteiger partial charge in [-0.25, -0.2) is 4.57 Å². The van der Waals surface area contributed by atoms with Crippen LogP contribution in [0.4, 0.5) is 0 Å². The fourth-order valence-electron chi connectivity index (χ4n) is 7.07. The van der Waals surface area contributed by atoms with Crippen molar-refractivity contribution in [3.8, 4) is 0 Å². The van der Waals surface area contributed by atoms with E-state index in [-0.39, 0.29) is 13.0 Å². The van der Waals surface area contributed by atoms with Gasteiger partial charge in [0.05, 0.1) is 12.9 Å². The number of aliphatic hydroxyl groups is 5. The molecule has 0 saturated heterocycles. The van der Waals surface area contributed by atoms with Crippen molar-refractivity contribution >= 4 is 13.8 Å². The molecule has 1 fully saturated rings. The van der Waals surface area contributed by atoms with Gasteiger partial charge in [-0.15, -0.1) is 0 Å². The average molecular weight is 899 g/mol. The second-order valence-electron chi connectivity index (χ2n) is 16.7. The quantitative estimate of drug-likeness (QED) is 0.0112. The van der Waals surface area contributed by atoms with E-state index in [1.165, 1.54) is 109 Å². The smallest absolute Gasteiger partial charge is 0.472 e. The maximum Gasteiger partial charge on any atom is 0.472 e. The third kappa shape index (κ3) is 30.9. The molecule has 6 unspecified atom stereocenters. The van der Waals surface area contributed by atoms with Gasteiger partial charge in [0.25, 0.3) is 0 Å². The van der Waals surface area contributed by atoms with E-state index in [0.29, 0.717) is 6.42 Å². The van der Waals surface area contributed by atoms with E-state index in [0.717, 1.165) is 57.8 Å². The Hall–Kier alpha value is -2.12. The summed E-state index contributed by atoms with van der Waals surface area (Å²) in [6.45, 7) is 3.67. The highest BCUT2D eigenvalue weighted by molar-refractivity contribution is 7.47. The Morgan fingerprint density at radius 2 is 0.903 bits per heavy atom. The number of ether oxygens (including phenoxy) is 2. The first-order valence-electron chi connectivity index (χ1n) is 24.2. The summed E-state index contributed by atoms with van der Waals surface area (Å²) in [4.78, 5) is 23.2. The second-order valence-corrected chi connectivity index (χ2v) is 18.1. The maximum atomic E-state index is 12.8. The molecule has 6 N–H and O–H groups in total. The van der Waals surface area contributed by atoms with E-state index < -0.39 is 63.1 Å². The zero-order chi connectivity index (χ0) is 45.5. The van der Waals surface area contributed by atoms with Gasteiger partial charge in [-0.05, 0) is 70.3 Å². The first kappa shape index (κ1) is 57.9. The van der Waals surface area contributed by atoms with Crippen LogP contribution in [0.1, 0.15) is 187 Å². The molecule has 8 atom stereocenters. The molecule has 0 radical (unpaired) electrons. The van der Waals surface area contributed by atoms with Gasteiger partial charge in [-0.2, -0.15) is 0 Å². The van der Waals surface area contributed by atoms with Gasteiger partial charge < -0.3 is 39.9 Å². The highest BCUT2D eigenvalue weighted by Crippen LogP contribution is 2.47. The predicted molar refractivity (Wildman–Crippen MR) is 248 cm³/mol. The number of carbonyl (C=O) groups is 1. The van der Waals surface area contributed by atoms with Crippen molar-refractivity contribution in [3.63, 3.8) is 0 Å². The Morgan fingerprint density at radius 1 is 0.516 bits per heavy atom. The summed E-state index contributed by atoms with van der Waals surface area (Å²) in [6, 6.07) is 0. The van der Waals surface area contributed by atoms with E-state index in [9.17, 15) is 39.8 Å². The van der Waals surface area contributed by atoms with Gasteiger partial charge in [0.1, 0.15) is 43.2 Å². The molecule has 0 spiro atoms. The molecular weight excluding hydrogens is 812 g/mol. The molecule has 0 amide bonds. The number of esters is 1. The lowest BCUT2D eigenvalue weighted by molar-refractivity contribution is -0.220. The molecule has 1 aliphatic carbocycles. The molecule has 0 aromatic carbocycles. The number of phosphoric ester groups is 1. The molecule has 0 heterocycles. The first-order valence-corrected chi connectivity index (χ1v) is 25.7. The van der Waals surface area contributed by atoms with E-state index in [1.54, 1.807) is 0 Å². The van der Waals surface area contributed by atoms with Crippen LogP contribution >= 0.6 is 7.82 Å². The van der Waals surface area contributed by atoms with Gasteiger partial charge in [0, 0.05) is 6.42 Å². The monoisotopic (exact) mass is 899 g/mol.